The molecular weight excluding hydrogens is 441 g/mol. The number of amides is 1. The molecule has 0 saturated carbocycles. The third-order valence-corrected chi connectivity index (χ3v) is 6.23. The number of carbonyl (C=O) groups excluding carboxylic acids is 2. The second-order valence-corrected chi connectivity index (χ2v) is 8.35. The summed E-state index contributed by atoms with van der Waals surface area (Å²) in [6.07, 6.45) is 0. The van der Waals surface area contributed by atoms with E-state index in [4.69, 9.17) is 16.3 Å². The van der Waals surface area contributed by atoms with Gasteiger partial charge in [-0.25, -0.2) is 4.39 Å². The summed E-state index contributed by atoms with van der Waals surface area (Å²) in [7, 11) is 1.43. The average molecular weight is 458 g/mol. The number of hydrogen-bond acceptors (Lipinski definition) is 5. The van der Waals surface area contributed by atoms with Crippen LogP contribution in [0.2, 0.25) is 5.02 Å². The van der Waals surface area contributed by atoms with Crippen molar-refractivity contribution in [1.29, 1.82) is 0 Å². The molecule has 1 amide bonds. The quantitative estimate of drug-likeness (QED) is 0.326. The fraction of sp³-hybridized carbons (Fsp3) is 0.130. The van der Waals surface area contributed by atoms with Gasteiger partial charge in [0.1, 0.15) is 17.3 Å². The topological polar surface area (TPSA) is 66.8 Å². The van der Waals surface area contributed by atoms with Crippen LogP contribution >= 0.6 is 22.9 Å². The summed E-state index contributed by atoms with van der Waals surface area (Å²) in [5.41, 5.74) is 0.722. The first-order valence-electron chi connectivity index (χ1n) is 9.31. The van der Waals surface area contributed by atoms with Crippen molar-refractivity contribution < 1.29 is 23.8 Å². The van der Waals surface area contributed by atoms with Crippen molar-refractivity contribution in [2.24, 2.45) is 0 Å². The monoisotopic (exact) mass is 457 g/mol. The molecule has 1 saturated heterocycles. The lowest BCUT2D eigenvalue weighted by Crippen LogP contribution is -2.28. The molecule has 5 nitrogen and oxygen atoms in total. The molecule has 3 aromatic rings. The van der Waals surface area contributed by atoms with E-state index in [0.717, 1.165) is 4.88 Å². The molecule has 0 spiro atoms. The Bertz CT molecular complexity index is 1170. The van der Waals surface area contributed by atoms with Crippen LogP contribution in [-0.2, 0) is 16.1 Å². The number of Topliss-reactive ketones (excluding diaryl/α,β-unsaturated/α-hetero) is 1. The Balaban J connectivity index is 1.87. The Labute approximate surface area is 187 Å². The molecule has 2 aromatic carbocycles. The largest absolute Gasteiger partial charge is 0.507 e. The minimum Gasteiger partial charge on any atom is -0.507 e. The van der Waals surface area contributed by atoms with E-state index in [-0.39, 0.29) is 23.4 Å². The van der Waals surface area contributed by atoms with Gasteiger partial charge in [0.05, 0.1) is 30.3 Å². The van der Waals surface area contributed by atoms with Gasteiger partial charge in [-0.3, -0.25) is 9.59 Å². The minimum absolute atomic E-state index is 0.0717. The van der Waals surface area contributed by atoms with Crippen LogP contribution in [0.4, 0.5) is 4.39 Å². The molecule has 0 bridgehead atoms. The van der Waals surface area contributed by atoms with Gasteiger partial charge < -0.3 is 14.7 Å². The molecule has 31 heavy (non-hydrogen) atoms. The molecule has 1 aliphatic rings. The van der Waals surface area contributed by atoms with Crippen molar-refractivity contribution in [1.82, 2.24) is 4.90 Å². The Hall–Kier alpha value is -3.16. The van der Waals surface area contributed by atoms with Crippen LogP contribution in [0.1, 0.15) is 22.0 Å². The lowest BCUT2D eigenvalue weighted by atomic mass is 9.95. The SMILES string of the molecule is COc1cc(/C(O)=C2/C(=O)C(=O)N(Cc3cccs3)C2c2ccc(F)cc2)ccc1Cl. The predicted octanol–water partition coefficient (Wildman–Crippen LogP) is 5.17. The summed E-state index contributed by atoms with van der Waals surface area (Å²) in [6.45, 7) is 0.186. The van der Waals surface area contributed by atoms with Crippen LogP contribution in [-0.4, -0.2) is 28.8 Å². The van der Waals surface area contributed by atoms with Crippen molar-refractivity contribution in [2.75, 3.05) is 7.11 Å². The molecule has 1 aromatic heterocycles. The summed E-state index contributed by atoms with van der Waals surface area (Å²) in [5, 5.41) is 13.3. The normalized spacial score (nSPS) is 17.9. The van der Waals surface area contributed by atoms with Gasteiger partial charge in [0.15, 0.2) is 0 Å². The lowest BCUT2D eigenvalue weighted by Gasteiger charge is -2.25. The number of rotatable bonds is 5. The number of ketones is 1. The van der Waals surface area contributed by atoms with Gasteiger partial charge in [0.25, 0.3) is 11.7 Å². The number of carbonyl (C=O) groups is 2. The Morgan fingerprint density at radius 1 is 1.19 bits per heavy atom. The third-order valence-electron chi connectivity index (χ3n) is 5.06. The molecule has 158 valence electrons. The molecule has 1 unspecified atom stereocenters. The zero-order valence-electron chi connectivity index (χ0n) is 16.3. The highest BCUT2D eigenvalue weighted by atomic mass is 35.5. The zero-order chi connectivity index (χ0) is 22.1. The Kier molecular flexibility index (Phi) is 5.80. The summed E-state index contributed by atoms with van der Waals surface area (Å²) in [5.74, 6) is -2.02. The van der Waals surface area contributed by atoms with Crippen LogP contribution in [0.5, 0.6) is 5.75 Å². The number of ether oxygens (including phenoxy) is 1. The number of likely N-dealkylation sites (tertiary alicyclic amines) is 1. The molecule has 4 rings (SSSR count). The first-order valence-corrected chi connectivity index (χ1v) is 10.6. The van der Waals surface area contributed by atoms with E-state index >= 15 is 0 Å². The average Bonchev–Trinajstić information content (AvgIpc) is 3.37. The van der Waals surface area contributed by atoms with Gasteiger partial charge >= 0.3 is 0 Å². The molecule has 1 N–H and O–H groups in total. The maximum absolute atomic E-state index is 13.5. The number of methoxy groups -OCH3 is 1. The fourth-order valence-corrected chi connectivity index (χ4v) is 4.47. The molecule has 0 aliphatic carbocycles. The number of aliphatic hydroxyl groups is 1. The first-order chi connectivity index (χ1) is 14.9. The van der Waals surface area contributed by atoms with Crippen molar-refractivity contribution in [2.45, 2.75) is 12.6 Å². The standard InChI is InChI=1S/C23H17ClFNO4S/c1-30-18-11-14(6-9-17(18)24)21(27)19-20(13-4-7-15(25)8-5-13)26(23(29)22(19)28)12-16-3-2-10-31-16/h2-11,20,27H,12H2,1H3/b21-19-. The smallest absolute Gasteiger partial charge is 0.295 e. The van der Waals surface area contributed by atoms with Crippen molar-refractivity contribution >= 4 is 40.4 Å². The first kappa shape index (κ1) is 21.1. The minimum atomic E-state index is -0.871. The van der Waals surface area contributed by atoms with Crippen molar-refractivity contribution in [3.8, 4) is 5.75 Å². The predicted molar refractivity (Wildman–Crippen MR) is 117 cm³/mol. The second kappa shape index (κ2) is 8.53. The zero-order valence-corrected chi connectivity index (χ0v) is 17.9. The third kappa shape index (κ3) is 3.94. The maximum atomic E-state index is 13.5. The molecule has 2 heterocycles. The summed E-state index contributed by atoms with van der Waals surface area (Å²) in [4.78, 5) is 28.2. The molecule has 0 radical (unpaired) electrons. The summed E-state index contributed by atoms with van der Waals surface area (Å²) in [6, 6.07) is 12.9. The highest BCUT2D eigenvalue weighted by molar-refractivity contribution is 7.09. The van der Waals surface area contributed by atoms with Gasteiger partial charge in [0, 0.05) is 10.4 Å². The lowest BCUT2D eigenvalue weighted by molar-refractivity contribution is -0.140. The number of halogens is 2. The number of aliphatic hydroxyl groups excluding tert-OH is 1. The second-order valence-electron chi connectivity index (χ2n) is 6.91. The summed E-state index contributed by atoms with van der Waals surface area (Å²) < 4.78 is 18.7. The molecule has 1 aliphatic heterocycles. The number of hydrogen-bond donors (Lipinski definition) is 1. The van der Waals surface area contributed by atoms with Gasteiger partial charge in [-0.05, 0) is 47.3 Å². The highest BCUT2D eigenvalue weighted by Crippen LogP contribution is 2.41. The van der Waals surface area contributed by atoms with Crippen molar-refractivity contribution in [3.05, 3.63) is 92.4 Å². The van der Waals surface area contributed by atoms with Gasteiger partial charge in [-0.15, -0.1) is 11.3 Å². The number of benzene rings is 2. The van der Waals surface area contributed by atoms with Gasteiger partial charge in [-0.1, -0.05) is 29.8 Å². The maximum Gasteiger partial charge on any atom is 0.295 e. The van der Waals surface area contributed by atoms with E-state index in [1.54, 1.807) is 0 Å². The fourth-order valence-electron chi connectivity index (χ4n) is 3.57. The summed E-state index contributed by atoms with van der Waals surface area (Å²) >= 11 is 7.52. The van der Waals surface area contributed by atoms with E-state index in [9.17, 15) is 19.1 Å². The van der Waals surface area contributed by atoms with Crippen molar-refractivity contribution in [3.63, 3.8) is 0 Å². The van der Waals surface area contributed by atoms with Crippen LogP contribution in [0.3, 0.4) is 0 Å². The number of nitrogens with zero attached hydrogens (tertiary/aromatic N) is 1. The van der Waals surface area contributed by atoms with Crippen LogP contribution < -0.4 is 4.74 Å². The van der Waals surface area contributed by atoms with Crippen LogP contribution in [0.25, 0.3) is 5.76 Å². The van der Waals surface area contributed by atoms with Crippen LogP contribution in [0, 0.1) is 5.82 Å². The van der Waals surface area contributed by atoms with E-state index in [2.05, 4.69) is 0 Å². The molecule has 8 heteroatoms. The van der Waals surface area contributed by atoms with E-state index in [1.165, 1.54) is 65.8 Å². The van der Waals surface area contributed by atoms with Gasteiger partial charge in [0.2, 0.25) is 0 Å². The Morgan fingerprint density at radius 2 is 1.94 bits per heavy atom. The van der Waals surface area contributed by atoms with E-state index in [1.807, 2.05) is 17.5 Å². The highest BCUT2D eigenvalue weighted by Gasteiger charge is 2.46. The molecular formula is C23H17ClFNO4S. The van der Waals surface area contributed by atoms with E-state index < -0.39 is 23.5 Å². The number of thiophene rings is 1. The Morgan fingerprint density at radius 3 is 2.58 bits per heavy atom. The van der Waals surface area contributed by atoms with Gasteiger partial charge in [-0.2, -0.15) is 0 Å². The van der Waals surface area contributed by atoms with E-state index in [0.29, 0.717) is 16.3 Å². The molecule has 1 atom stereocenters. The van der Waals surface area contributed by atoms with Crippen LogP contribution in [0.15, 0.2) is 65.6 Å². The molecule has 1 fully saturated rings.